The molecule has 5 aliphatic rings. The minimum absolute atomic E-state index is 0.00157. The molecule has 0 radical (unpaired) electrons. The molecule has 186 valence electrons. The second kappa shape index (κ2) is 8.51. The monoisotopic (exact) mass is 472 g/mol. The molecule has 4 bridgehead atoms. The van der Waals surface area contributed by atoms with E-state index >= 15 is 0 Å². The molecule has 0 unspecified atom stereocenters. The Morgan fingerprint density at radius 1 is 1.29 bits per heavy atom. The number of hydrogen-bond donors (Lipinski definition) is 3. The molecule has 1 aliphatic heterocycles. The van der Waals surface area contributed by atoms with Crippen LogP contribution in [0, 0.1) is 23.1 Å². The summed E-state index contributed by atoms with van der Waals surface area (Å²) in [6, 6.07) is 4.78. The Labute approximate surface area is 201 Å². The molecule has 7 heteroatoms. The van der Waals surface area contributed by atoms with E-state index < -0.39 is 17.0 Å². The van der Waals surface area contributed by atoms with Gasteiger partial charge in [0.25, 0.3) is 0 Å². The smallest absolute Gasteiger partial charge is 0.220 e. The van der Waals surface area contributed by atoms with Crippen molar-refractivity contribution >= 4 is 11.8 Å². The number of benzene rings is 1. The number of methoxy groups -OCH3 is 1. The molecule has 4 aliphatic carbocycles. The summed E-state index contributed by atoms with van der Waals surface area (Å²) in [6.45, 7) is 2.10. The molecule has 0 aromatic heterocycles. The third-order valence-electron chi connectivity index (χ3n) is 9.20. The zero-order chi connectivity index (χ0) is 24.1. The number of halogens is 1. The van der Waals surface area contributed by atoms with Gasteiger partial charge < -0.3 is 20.5 Å². The van der Waals surface area contributed by atoms with E-state index in [1.54, 1.807) is 12.1 Å². The molecule has 6 rings (SSSR count). The van der Waals surface area contributed by atoms with E-state index in [2.05, 4.69) is 17.6 Å². The molecule has 6 nitrogen and oxygen atoms in total. The first-order chi connectivity index (χ1) is 16.1. The highest BCUT2D eigenvalue weighted by atomic mass is 19.1. The molecular weight excluding hydrogens is 435 g/mol. The van der Waals surface area contributed by atoms with Gasteiger partial charge in [-0.05, 0) is 99.7 Å². The van der Waals surface area contributed by atoms with Crippen LogP contribution < -0.4 is 15.4 Å². The highest BCUT2D eigenvalue weighted by Gasteiger charge is 2.59. The second-order valence-corrected chi connectivity index (χ2v) is 11.8. The first-order valence-electron chi connectivity index (χ1n) is 12.8. The first-order valence-corrected chi connectivity index (χ1v) is 12.8. The van der Waals surface area contributed by atoms with Gasteiger partial charge >= 0.3 is 0 Å². The molecule has 1 aromatic carbocycles. The number of rotatable bonds is 8. The Balaban J connectivity index is 1.23. The summed E-state index contributed by atoms with van der Waals surface area (Å²) in [5.74, 6) is 0.905. The topological polar surface area (TPSA) is 87.7 Å². The van der Waals surface area contributed by atoms with Crippen LogP contribution in [0.5, 0.6) is 5.75 Å². The minimum Gasteiger partial charge on any atom is -0.494 e. The zero-order valence-corrected chi connectivity index (χ0v) is 20.3. The van der Waals surface area contributed by atoms with Gasteiger partial charge in [-0.2, -0.15) is 0 Å². The molecule has 0 spiro atoms. The van der Waals surface area contributed by atoms with Gasteiger partial charge in [-0.1, -0.05) is 6.07 Å². The fourth-order valence-electron chi connectivity index (χ4n) is 8.00. The summed E-state index contributed by atoms with van der Waals surface area (Å²) in [7, 11) is 1.43. The molecule has 4 saturated carbocycles. The Morgan fingerprint density at radius 3 is 2.65 bits per heavy atom. The highest BCUT2D eigenvalue weighted by Crippen LogP contribution is 2.62. The Hall–Kier alpha value is -2.15. The van der Waals surface area contributed by atoms with Gasteiger partial charge in [0.15, 0.2) is 11.6 Å². The van der Waals surface area contributed by atoms with Gasteiger partial charge in [-0.25, -0.2) is 4.39 Å². The van der Waals surface area contributed by atoms with Gasteiger partial charge in [-0.15, -0.1) is 0 Å². The summed E-state index contributed by atoms with van der Waals surface area (Å²) >= 11 is 0. The Kier molecular flexibility index (Phi) is 5.90. The van der Waals surface area contributed by atoms with E-state index in [9.17, 15) is 19.1 Å². The van der Waals surface area contributed by atoms with Crippen molar-refractivity contribution in [3.05, 3.63) is 29.6 Å². The van der Waals surface area contributed by atoms with Crippen LogP contribution in [0.15, 0.2) is 18.2 Å². The minimum atomic E-state index is -0.544. The molecule has 1 aromatic rings. The Morgan fingerprint density at radius 2 is 2.03 bits per heavy atom. The molecule has 34 heavy (non-hydrogen) atoms. The van der Waals surface area contributed by atoms with E-state index in [1.165, 1.54) is 19.6 Å². The van der Waals surface area contributed by atoms with Crippen molar-refractivity contribution in [1.29, 1.82) is 0 Å². The SMILES string of the molecule is COc1cc(C[C@]2(CCC(=O)N[C@@H](C)C34C[C@H]5C[C@@H](CC(O)(C5)C3)C4)CCC(=O)N2)ccc1F. The highest BCUT2D eigenvalue weighted by molar-refractivity contribution is 5.80. The van der Waals surface area contributed by atoms with Crippen LogP contribution in [0.1, 0.15) is 76.7 Å². The number of hydrogen-bond acceptors (Lipinski definition) is 4. The summed E-state index contributed by atoms with van der Waals surface area (Å²) < 4.78 is 19.0. The van der Waals surface area contributed by atoms with Crippen molar-refractivity contribution < 1.29 is 23.8 Å². The van der Waals surface area contributed by atoms with Crippen LogP contribution >= 0.6 is 0 Å². The van der Waals surface area contributed by atoms with Gasteiger partial charge in [-0.3, -0.25) is 9.59 Å². The van der Waals surface area contributed by atoms with E-state index in [0.29, 0.717) is 43.9 Å². The predicted octanol–water partition coefficient (Wildman–Crippen LogP) is 3.64. The third kappa shape index (κ3) is 4.43. The molecule has 5 fully saturated rings. The van der Waals surface area contributed by atoms with Crippen LogP contribution in [-0.2, 0) is 16.0 Å². The van der Waals surface area contributed by atoms with Crippen molar-refractivity contribution in [2.45, 2.75) is 94.7 Å². The standard InChI is InChI=1S/C27H37FN2O4/c1-17(25-11-19-9-20(12-25)15-27(33,14-19)16-25)29-23(31)5-7-26(8-6-24(32)30-26)13-18-3-4-21(28)22(10-18)34-2/h3-4,10,17,19-20,33H,5-9,11-16H2,1-2H3,(H,29,31)(H,30,32)/t17-,19+,20+,25?,26-,27?/m0/s1. The average Bonchev–Trinajstić information content (AvgIpc) is 3.12. The number of carbonyl (C=O) groups excluding carboxylic acids is 2. The van der Waals surface area contributed by atoms with Gasteiger partial charge in [0, 0.05) is 24.4 Å². The molecule has 2 amide bonds. The number of nitrogens with one attached hydrogen (secondary N) is 2. The first kappa shape index (κ1) is 23.6. The zero-order valence-electron chi connectivity index (χ0n) is 20.3. The van der Waals surface area contributed by atoms with Gasteiger partial charge in [0.1, 0.15) is 0 Å². The van der Waals surface area contributed by atoms with E-state index in [-0.39, 0.29) is 29.0 Å². The quantitative estimate of drug-likeness (QED) is 0.539. The van der Waals surface area contributed by atoms with Crippen molar-refractivity contribution in [1.82, 2.24) is 10.6 Å². The lowest BCUT2D eigenvalue weighted by Crippen LogP contribution is -2.61. The fourth-order valence-corrected chi connectivity index (χ4v) is 8.00. The molecule has 1 heterocycles. The maximum Gasteiger partial charge on any atom is 0.220 e. The molecular formula is C27H37FN2O4. The van der Waals surface area contributed by atoms with Crippen LogP contribution in [-0.4, -0.2) is 41.2 Å². The lowest BCUT2D eigenvalue weighted by molar-refractivity contribution is -0.173. The van der Waals surface area contributed by atoms with Crippen molar-refractivity contribution in [2.24, 2.45) is 17.3 Å². The summed E-state index contributed by atoms with van der Waals surface area (Å²) in [5.41, 5.74) is -0.192. The van der Waals surface area contributed by atoms with Crippen LogP contribution in [0.3, 0.4) is 0 Å². The number of carbonyl (C=O) groups is 2. The van der Waals surface area contributed by atoms with E-state index in [0.717, 1.165) is 37.7 Å². The number of amides is 2. The van der Waals surface area contributed by atoms with Crippen LogP contribution in [0.2, 0.25) is 0 Å². The number of ether oxygens (including phenoxy) is 1. The van der Waals surface area contributed by atoms with E-state index in [1.807, 2.05) is 0 Å². The average molecular weight is 473 g/mol. The van der Waals surface area contributed by atoms with Crippen molar-refractivity contribution in [3.8, 4) is 5.75 Å². The predicted molar refractivity (Wildman–Crippen MR) is 126 cm³/mol. The summed E-state index contributed by atoms with van der Waals surface area (Å²) in [4.78, 5) is 25.2. The number of aliphatic hydroxyl groups is 1. The summed E-state index contributed by atoms with van der Waals surface area (Å²) in [5, 5.41) is 17.4. The fraction of sp³-hybridized carbons (Fsp3) is 0.704. The van der Waals surface area contributed by atoms with Gasteiger partial charge in [0.05, 0.1) is 12.7 Å². The third-order valence-corrected chi connectivity index (χ3v) is 9.20. The van der Waals surface area contributed by atoms with Gasteiger partial charge in [0.2, 0.25) is 11.8 Å². The molecule has 1 saturated heterocycles. The largest absolute Gasteiger partial charge is 0.494 e. The Bertz CT molecular complexity index is 967. The van der Waals surface area contributed by atoms with E-state index in [4.69, 9.17) is 4.74 Å². The van der Waals surface area contributed by atoms with Crippen molar-refractivity contribution in [2.75, 3.05) is 7.11 Å². The second-order valence-electron chi connectivity index (χ2n) is 11.8. The lowest BCUT2D eigenvalue weighted by Gasteiger charge is -2.62. The normalized spacial score (nSPS) is 36.9. The summed E-state index contributed by atoms with van der Waals surface area (Å²) in [6.07, 6.45) is 8.50. The van der Waals surface area contributed by atoms with Crippen LogP contribution in [0.25, 0.3) is 0 Å². The maximum absolute atomic E-state index is 13.8. The van der Waals surface area contributed by atoms with Crippen molar-refractivity contribution in [3.63, 3.8) is 0 Å². The maximum atomic E-state index is 13.8. The van der Waals surface area contributed by atoms with Crippen LogP contribution in [0.4, 0.5) is 4.39 Å². The molecule has 3 N–H and O–H groups in total. The molecule has 4 atom stereocenters. The lowest BCUT2D eigenvalue weighted by atomic mass is 9.46.